The van der Waals surface area contributed by atoms with Gasteiger partial charge in [-0.15, -0.1) is 0 Å². The fourth-order valence-corrected chi connectivity index (χ4v) is 10.4. The Hall–Kier alpha value is -5.38. The van der Waals surface area contributed by atoms with E-state index >= 15 is 0 Å². The van der Waals surface area contributed by atoms with Gasteiger partial charge in [0.2, 0.25) is 5.91 Å². The van der Waals surface area contributed by atoms with E-state index in [1.165, 1.54) is 37.0 Å². The number of urea groups is 1. The third-order valence-corrected chi connectivity index (χ3v) is 14.8. The molecule has 8 rings (SSSR count). The number of hydrogen-bond donors (Lipinski definition) is 2. The average molecular weight is 938 g/mol. The van der Waals surface area contributed by atoms with E-state index in [2.05, 4.69) is 26.1 Å². The first-order valence-electron chi connectivity index (χ1n) is 23.9. The number of piperidine rings is 2. The highest BCUT2D eigenvalue weighted by atomic mass is 35.5. The Kier molecular flexibility index (Phi) is 13.9. The molecule has 2 aromatic heterocycles. The molecule has 15 nitrogen and oxygen atoms in total. The largest absolute Gasteiger partial charge is 0.443 e. The summed E-state index contributed by atoms with van der Waals surface area (Å²) in [5.41, 5.74) is 2.06. The number of rotatable bonds is 11. The third-order valence-electron chi connectivity index (χ3n) is 14.5. The number of likely N-dealkylation sites (tertiary alicyclic amines) is 2. The van der Waals surface area contributed by atoms with Crippen molar-refractivity contribution >= 4 is 63.6 Å². The molecule has 0 atom stereocenters. The number of carbonyl (C=O) groups excluding carboxylic acids is 5. The number of esters is 1. The number of imide groups is 1. The molecule has 358 valence electrons. The number of anilines is 2. The topological polar surface area (TPSA) is 171 Å². The quantitative estimate of drug-likeness (QED) is 0.139. The lowest BCUT2D eigenvalue weighted by molar-refractivity contribution is -0.158. The number of amides is 5. The van der Waals surface area contributed by atoms with Crippen molar-refractivity contribution in [2.75, 3.05) is 56.2 Å². The van der Waals surface area contributed by atoms with E-state index in [0.29, 0.717) is 47.2 Å². The van der Waals surface area contributed by atoms with Gasteiger partial charge in [-0.05, 0) is 160 Å². The van der Waals surface area contributed by atoms with E-state index in [9.17, 15) is 29.1 Å². The molecule has 2 N–H and O–H groups in total. The van der Waals surface area contributed by atoms with Gasteiger partial charge in [0, 0.05) is 73.2 Å². The number of nitrogens with one attached hydrogen (secondary N) is 1. The number of pyridine rings is 1. The molecule has 4 aliphatic rings. The van der Waals surface area contributed by atoms with Crippen LogP contribution in [0.4, 0.5) is 16.2 Å². The van der Waals surface area contributed by atoms with E-state index in [-0.39, 0.29) is 41.3 Å². The van der Waals surface area contributed by atoms with Crippen molar-refractivity contribution in [3.63, 3.8) is 0 Å². The summed E-state index contributed by atoms with van der Waals surface area (Å²) in [6, 6.07) is 13.7. The Balaban J connectivity index is 0.793. The Morgan fingerprint density at radius 3 is 2.30 bits per heavy atom. The van der Waals surface area contributed by atoms with Crippen LogP contribution in [-0.2, 0) is 19.9 Å². The first-order chi connectivity index (χ1) is 31.8. The number of benzene rings is 2. The molecule has 16 heteroatoms. The highest BCUT2D eigenvalue weighted by Gasteiger charge is 2.40. The first kappa shape index (κ1) is 48.1. The highest BCUT2D eigenvalue weighted by molar-refractivity contribution is 6.34. The van der Waals surface area contributed by atoms with Crippen LogP contribution in [0.1, 0.15) is 137 Å². The second-order valence-corrected chi connectivity index (χ2v) is 21.2. The third kappa shape index (κ3) is 10.8. The van der Waals surface area contributed by atoms with E-state index in [0.717, 1.165) is 66.8 Å². The molecule has 4 fully saturated rings. The van der Waals surface area contributed by atoms with Crippen molar-refractivity contribution in [2.45, 2.75) is 117 Å². The Bertz CT molecular complexity index is 2520. The predicted molar refractivity (Wildman–Crippen MR) is 257 cm³/mol. The minimum atomic E-state index is -1.20. The summed E-state index contributed by atoms with van der Waals surface area (Å²) < 4.78 is 7.36. The molecule has 1 aliphatic carbocycles. The molecule has 3 aliphatic heterocycles. The molecule has 5 amide bonds. The zero-order valence-corrected chi connectivity index (χ0v) is 40.5. The van der Waals surface area contributed by atoms with Crippen LogP contribution in [0.5, 0.6) is 0 Å². The maximum absolute atomic E-state index is 13.9. The zero-order valence-electron chi connectivity index (χ0n) is 39.8. The molecule has 0 bridgehead atoms. The fourth-order valence-electron chi connectivity index (χ4n) is 10.2. The summed E-state index contributed by atoms with van der Waals surface area (Å²) in [6.07, 6.45) is 12.0. The van der Waals surface area contributed by atoms with Crippen LogP contribution in [0.25, 0.3) is 10.9 Å². The van der Waals surface area contributed by atoms with Crippen LogP contribution in [0.2, 0.25) is 5.02 Å². The molecule has 4 aromatic rings. The van der Waals surface area contributed by atoms with Crippen LogP contribution in [0.3, 0.4) is 0 Å². The normalized spacial score (nSPS) is 19.1. The lowest BCUT2D eigenvalue weighted by Gasteiger charge is -2.46. The van der Waals surface area contributed by atoms with Crippen molar-refractivity contribution in [1.82, 2.24) is 29.5 Å². The molecular formula is C51H65ClN8O7. The molecule has 67 heavy (non-hydrogen) atoms. The minimum absolute atomic E-state index is 0.0282. The van der Waals surface area contributed by atoms with Crippen LogP contribution >= 0.6 is 11.6 Å². The molecule has 0 radical (unpaired) electrons. The molecular weight excluding hydrogens is 872 g/mol. The summed E-state index contributed by atoms with van der Waals surface area (Å²) >= 11 is 6.59. The number of aromatic nitrogens is 3. The molecule has 5 heterocycles. The zero-order chi connectivity index (χ0) is 47.8. The van der Waals surface area contributed by atoms with Gasteiger partial charge >= 0.3 is 12.0 Å². The van der Waals surface area contributed by atoms with Crippen LogP contribution in [-0.4, -0.2) is 110 Å². The standard InChI is InChI=1S/C51H65ClN8O7/c1-33-8-7-9-40(53-33)45(62)54-42-28-36-31-60(55-41(36)30-38(42)50(5,6)66)37-15-23-56(24-16-37)22-14-34-12-18-51(19-13-34)20-26-57(27-21-51)46(63)35-10-11-39(52)43(29-35)58-25-17-44(61)59(48(58)65)32-67-47(64)49(2,3)4/h7-11,28-31,34,37,66H,12-27,32H2,1-6H3,(H,54,62). The lowest BCUT2D eigenvalue weighted by Crippen LogP contribution is -2.53. The van der Waals surface area contributed by atoms with Gasteiger partial charge in [-0.2, -0.15) is 5.10 Å². The lowest BCUT2D eigenvalue weighted by atomic mass is 9.65. The van der Waals surface area contributed by atoms with Crippen molar-refractivity contribution in [3.05, 3.63) is 82.3 Å². The van der Waals surface area contributed by atoms with Gasteiger partial charge in [-0.1, -0.05) is 17.7 Å². The van der Waals surface area contributed by atoms with Gasteiger partial charge in [0.05, 0.1) is 33.3 Å². The minimum Gasteiger partial charge on any atom is -0.443 e. The highest BCUT2D eigenvalue weighted by Crippen LogP contribution is 2.47. The number of carbonyl (C=O) groups is 5. The van der Waals surface area contributed by atoms with Gasteiger partial charge < -0.3 is 25.0 Å². The molecule has 1 saturated carbocycles. The van der Waals surface area contributed by atoms with Gasteiger partial charge in [-0.25, -0.2) is 14.7 Å². The number of aliphatic hydroxyl groups is 1. The smallest absolute Gasteiger partial charge is 0.334 e. The summed E-state index contributed by atoms with van der Waals surface area (Å²) in [6.45, 7) is 14.4. The Morgan fingerprint density at radius 2 is 1.63 bits per heavy atom. The number of fused-ring (bicyclic) bond motifs is 1. The van der Waals surface area contributed by atoms with Gasteiger partial charge in [0.25, 0.3) is 11.8 Å². The van der Waals surface area contributed by atoms with E-state index in [1.807, 2.05) is 30.0 Å². The monoisotopic (exact) mass is 936 g/mol. The summed E-state index contributed by atoms with van der Waals surface area (Å²) in [7, 11) is 0. The van der Waals surface area contributed by atoms with Gasteiger partial charge in [0.15, 0.2) is 6.73 Å². The van der Waals surface area contributed by atoms with Crippen molar-refractivity contribution in [3.8, 4) is 0 Å². The first-order valence-corrected chi connectivity index (χ1v) is 24.3. The summed E-state index contributed by atoms with van der Waals surface area (Å²) in [4.78, 5) is 76.7. The van der Waals surface area contributed by atoms with E-state index in [4.69, 9.17) is 21.4 Å². The number of nitrogens with zero attached hydrogens (tertiary/aromatic N) is 7. The molecule has 2 aromatic carbocycles. The van der Waals surface area contributed by atoms with E-state index < -0.39 is 35.7 Å². The molecule has 0 unspecified atom stereocenters. The summed E-state index contributed by atoms with van der Waals surface area (Å²) in [5.74, 6) is -0.702. The van der Waals surface area contributed by atoms with Crippen molar-refractivity contribution in [2.24, 2.45) is 16.7 Å². The predicted octanol–water partition coefficient (Wildman–Crippen LogP) is 8.72. The van der Waals surface area contributed by atoms with Crippen LogP contribution < -0.4 is 10.2 Å². The number of aryl methyl sites for hydroxylation is 1. The van der Waals surface area contributed by atoms with Gasteiger partial charge in [-0.3, -0.25) is 28.8 Å². The molecule has 3 saturated heterocycles. The van der Waals surface area contributed by atoms with Crippen molar-refractivity contribution < 1.29 is 33.8 Å². The van der Waals surface area contributed by atoms with Crippen molar-refractivity contribution in [1.29, 1.82) is 0 Å². The van der Waals surface area contributed by atoms with E-state index in [1.54, 1.807) is 65.0 Å². The number of ether oxygens (including phenoxy) is 1. The maximum Gasteiger partial charge on any atom is 0.334 e. The SMILES string of the molecule is Cc1cccc(C(=O)Nc2cc3cn(C4CCN(CCC5CCC6(CC5)CCN(C(=O)c5ccc(Cl)c(N7CCC(=O)N(COC(=O)C(C)(C)C)C7=O)c5)CC6)CC4)nc3cc2C(C)(C)O)n1. The second kappa shape index (κ2) is 19.3. The Labute approximate surface area is 398 Å². The summed E-state index contributed by atoms with van der Waals surface area (Å²) in [5, 5.41) is 20.2. The Morgan fingerprint density at radius 1 is 0.910 bits per heavy atom. The number of hydrogen-bond acceptors (Lipinski definition) is 10. The maximum atomic E-state index is 13.9. The van der Waals surface area contributed by atoms with Crippen LogP contribution in [0, 0.1) is 23.7 Å². The average Bonchev–Trinajstić information content (AvgIpc) is 3.72. The van der Waals surface area contributed by atoms with Gasteiger partial charge in [0.1, 0.15) is 5.69 Å². The fraction of sp³-hybridized carbons (Fsp3) is 0.549. The molecule has 1 spiro atoms. The second-order valence-electron chi connectivity index (χ2n) is 20.8. The van der Waals surface area contributed by atoms with Crippen LogP contribution in [0.15, 0.2) is 54.7 Å². The number of halogens is 1.